The Morgan fingerprint density at radius 3 is 2.93 bits per heavy atom. The highest BCUT2D eigenvalue weighted by atomic mass is 15.4. The van der Waals surface area contributed by atoms with Crippen LogP contribution >= 0.6 is 0 Å². The number of aromatic nitrogens is 5. The van der Waals surface area contributed by atoms with Crippen molar-refractivity contribution in [3.63, 3.8) is 0 Å². The molecule has 0 atom stereocenters. The lowest BCUT2D eigenvalue weighted by Crippen LogP contribution is -2.18. The number of hydrogen-bond donors (Lipinski definition) is 2. The molecule has 8 nitrogen and oxygen atoms in total. The number of hydrogen-bond acceptors (Lipinski definition) is 7. The van der Waals surface area contributed by atoms with E-state index in [9.17, 15) is 0 Å². The minimum atomic E-state index is 0.446. The Morgan fingerprint density at radius 1 is 1.50 bits per heavy atom. The van der Waals surface area contributed by atoms with E-state index in [0.717, 1.165) is 0 Å². The van der Waals surface area contributed by atoms with Gasteiger partial charge in [0, 0.05) is 14.1 Å². The zero-order valence-corrected chi connectivity index (χ0v) is 7.84. The van der Waals surface area contributed by atoms with Gasteiger partial charge in [-0.2, -0.15) is 9.50 Å². The van der Waals surface area contributed by atoms with Gasteiger partial charge in [0.05, 0.1) is 0 Å². The minimum absolute atomic E-state index is 0.446. The second-order valence-electron chi connectivity index (χ2n) is 2.90. The Morgan fingerprint density at radius 2 is 2.29 bits per heavy atom. The summed E-state index contributed by atoms with van der Waals surface area (Å²) in [4.78, 5) is 5.91. The third kappa shape index (κ3) is 1.21. The molecule has 0 aromatic carbocycles. The van der Waals surface area contributed by atoms with E-state index in [4.69, 9.17) is 5.84 Å². The largest absolute Gasteiger partial charge is 0.346 e. The molecule has 2 aromatic rings. The van der Waals surface area contributed by atoms with Crippen LogP contribution in [0.15, 0.2) is 6.33 Å². The van der Waals surface area contributed by atoms with Crippen molar-refractivity contribution in [2.45, 2.75) is 0 Å². The van der Waals surface area contributed by atoms with Crippen molar-refractivity contribution >= 4 is 17.4 Å². The maximum Gasteiger partial charge on any atom is 0.245 e. The molecule has 0 aliphatic carbocycles. The maximum atomic E-state index is 5.30. The van der Waals surface area contributed by atoms with E-state index in [1.165, 1.54) is 10.8 Å². The van der Waals surface area contributed by atoms with Gasteiger partial charge in [-0.3, -0.25) is 0 Å². The van der Waals surface area contributed by atoms with E-state index in [-0.39, 0.29) is 0 Å². The third-order valence-corrected chi connectivity index (χ3v) is 1.69. The van der Waals surface area contributed by atoms with Gasteiger partial charge < -0.3 is 10.3 Å². The standard InChI is InChI=1S/C6H10N8/c1-13(2)6-9-4(10-7)5-11-8-3-14(5)12-6/h3H,7H2,1-2H3,(H,9,10,12). The zero-order chi connectivity index (χ0) is 10.1. The molecule has 0 radical (unpaired) electrons. The monoisotopic (exact) mass is 194 g/mol. The van der Waals surface area contributed by atoms with Crippen LogP contribution in [0, 0.1) is 0 Å². The fourth-order valence-electron chi connectivity index (χ4n) is 1.01. The molecule has 2 rings (SSSR count). The van der Waals surface area contributed by atoms with Crippen molar-refractivity contribution in [1.82, 2.24) is 24.8 Å². The topological polar surface area (TPSA) is 97.3 Å². The lowest BCUT2D eigenvalue weighted by molar-refractivity contribution is 0.857. The number of nitrogen functional groups attached to an aromatic ring is 1. The van der Waals surface area contributed by atoms with E-state index >= 15 is 0 Å². The van der Waals surface area contributed by atoms with Gasteiger partial charge in [-0.25, -0.2) is 5.84 Å². The van der Waals surface area contributed by atoms with Gasteiger partial charge in [0.15, 0.2) is 5.82 Å². The second kappa shape index (κ2) is 3.07. The summed E-state index contributed by atoms with van der Waals surface area (Å²) >= 11 is 0. The van der Waals surface area contributed by atoms with Crippen LogP contribution in [0.3, 0.4) is 0 Å². The van der Waals surface area contributed by atoms with Crippen LogP contribution in [0.5, 0.6) is 0 Å². The van der Waals surface area contributed by atoms with Gasteiger partial charge in [0.1, 0.15) is 6.33 Å². The number of anilines is 2. The van der Waals surface area contributed by atoms with Gasteiger partial charge in [0.2, 0.25) is 11.6 Å². The number of rotatable bonds is 2. The molecule has 2 heterocycles. The predicted molar refractivity (Wildman–Crippen MR) is 50.7 cm³/mol. The van der Waals surface area contributed by atoms with Crippen LogP contribution in [0.2, 0.25) is 0 Å². The van der Waals surface area contributed by atoms with E-state index in [0.29, 0.717) is 17.4 Å². The van der Waals surface area contributed by atoms with Crippen LogP contribution in [0.4, 0.5) is 11.8 Å². The summed E-state index contributed by atoms with van der Waals surface area (Å²) in [6, 6.07) is 0. The van der Waals surface area contributed by atoms with Gasteiger partial charge >= 0.3 is 0 Å². The summed E-state index contributed by atoms with van der Waals surface area (Å²) < 4.78 is 1.51. The molecule has 0 amide bonds. The second-order valence-corrected chi connectivity index (χ2v) is 2.90. The number of nitrogens with one attached hydrogen (secondary N) is 1. The molecule has 0 aliphatic rings. The van der Waals surface area contributed by atoms with Crippen molar-refractivity contribution in [3.8, 4) is 0 Å². The fourth-order valence-corrected chi connectivity index (χ4v) is 1.01. The molecule has 3 N–H and O–H groups in total. The number of fused-ring (bicyclic) bond motifs is 1. The van der Waals surface area contributed by atoms with Gasteiger partial charge in [-0.15, -0.1) is 15.3 Å². The molecule has 74 valence electrons. The van der Waals surface area contributed by atoms with Crippen molar-refractivity contribution < 1.29 is 0 Å². The Kier molecular flexibility index (Phi) is 1.89. The van der Waals surface area contributed by atoms with Gasteiger partial charge in [-0.1, -0.05) is 0 Å². The average Bonchev–Trinajstić information content (AvgIpc) is 2.63. The molecule has 0 spiro atoms. The quantitative estimate of drug-likeness (QED) is 0.461. The predicted octanol–water partition coefficient (Wildman–Crippen LogP) is -1.13. The normalized spacial score (nSPS) is 10.5. The molecule has 0 saturated heterocycles. The Balaban J connectivity index is 2.67. The highest BCUT2D eigenvalue weighted by Gasteiger charge is 2.09. The SMILES string of the molecule is CN(C)c1nc(NN)c2nncn2n1. The Hall–Kier alpha value is -1.96. The van der Waals surface area contributed by atoms with E-state index in [1.807, 2.05) is 14.1 Å². The van der Waals surface area contributed by atoms with Crippen LogP contribution in [-0.2, 0) is 0 Å². The zero-order valence-electron chi connectivity index (χ0n) is 7.84. The van der Waals surface area contributed by atoms with Crippen LogP contribution < -0.4 is 16.2 Å². The lowest BCUT2D eigenvalue weighted by Gasteiger charge is -2.10. The summed E-state index contributed by atoms with van der Waals surface area (Å²) in [5.41, 5.74) is 2.95. The molecular weight excluding hydrogens is 184 g/mol. The van der Waals surface area contributed by atoms with Crippen molar-refractivity contribution in [2.24, 2.45) is 5.84 Å². The molecule has 0 aliphatic heterocycles. The number of hydrazine groups is 1. The van der Waals surface area contributed by atoms with Gasteiger partial charge in [-0.05, 0) is 0 Å². The van der Waals surface area contributed by atoms with E-state index in [2.05, 4.69) is 25.7 Å². The summed E-state index contributed by atoms with van der Waals surface area (Å²) in [6.45, 7) is 0. The van der Waals surface area contributed by atoms with Crippen LogP contribution in [0.1, 0.15) is 0 Å². The molecule has 0 fully saturated rings. The highest BCUT2D eigenvalue weighted by molar-refractivity contribution is 5.62. The first kappa shape index (κ1) is 8.63. The summed E-state index contributed by atoms with van der Waals surface area (Å²) in [5, 5.41) is 11.7. The van der Waals surface area contributed by atoms with Crippen molar-refractivity contribution in [3.05, 3.63) is 6.33 Å². The molecule has 0 saturated carbocycles. The Labute approximate surface area is 79.7 Å². The highest BCUT2D eigenvalue weighted by Crippen LogP contribution is 2.12. The molecule has 2 aromatic heterocycles. The van der Waals surface area contributed by atoms with E-state index < -0.39 is 0 Å². The number of nitrogens with zero attached hydrogens (tertiary/aromatic N) is 6. The first-order valence-electron chi connectivity index (χ1n) is 3.94. The number of nitrogens with two attached hydrogens (primary N) is 1. The molecule has 0 unspecified atom stereocenters. The molecular formula is C6H10N8. The fraction of sp³-hybridized carbons (Fsp3) is 0.333. The van der Waals surface area contributed by atoms with Crippen LogP contribution in [0.25, 0.3) is 5.65 Å². The van der Waals surface area contributed by atoms with Gasteiger partial charge in [0.25, 0.3) is 0 Å². The first-order valence-corrected chi connectivity index (χ1v) is 3.94. The van der Waals surface area contributed by atoms with Crippen molar-refractivity contribution in [2.75, 3.05) is 24.4 Å². The summed E-state index contributed by atoms with van der Waals surface area (Å²) in [6.07, 6.45) is 1.49. The molecule has 8 heteroatoms. The van der Waals surface area contributed by atoms with E-state index in [1.54, 1.807) is 4.90 Å². The minimum Gasteiger partial charge on any atom is -0.346 e. The van der Waals surface area contributed by atoms with Crippen LogP contribution in [-0.4, -0.2) is 38.9 Å². The third-order valence-electron chi connectivity index (χ3n) is 1.69. The first-order chi connectivity index (χ1) is 6.72. The van der Waals surface area contributed by atoms with Crippen molar-refractivity contribution in [1.29, 1.82) is 0 Å². The summed E-state index contributed by atoms with van der Waals surface area (Å²) in [7, 11) is 3.68. The molecule has 14 heavy (non-hydrogen) atoms. The Bertz CT molecular complexity index is 446. The summed E-state index contributed by atoms with van der Waals surface area (Å²) in [5.74, 6) is 6.28. The maximum absolute atomic E-state index is 5.30. The average molecular weight is 194 g/mol. The smallest absolute Gasteiger partial charge is 0.245 e. The molecule has 0 bridgehead atoms. The lowest BCUT2D eigenvalue weighted by atomic mass is 10.6.